The van der Waals surface area contributed by atoms with E-state index in [1.807, 2.05) is 18.7 Å². The van der Waals surface area contributed by atoms with Crippen molar-refractivity contribution in [3.05, 3.63) is 0 Å². The smallest absolute Gasteiger partial charge is 0.306 e. The van der Waals surface area contributed by atoms with Crippen molar-refractivity contribution in [1.29, 1.82) is 0 Å². The van der Waals surface area contributed by atoms with Crippen molar-refractivity contribution < 1.29 is 14.3 Å². The first-order valence-corrected chi connectivity index (χ1v) is 8.37. The summed E-state index contributed by atoms with van der Waals surface area (Å²) in [5.74, 6) is 1.01. The number of carbonyl (C=O) groups excluding carboxylic acids is 1. The molecule has 2 rings (SSSR count). The molecule has 2 fully saturated rings. The summed E-state index contributed by atoms with van der Waals surface area (Å²) in [5, 5.41) is 0.344. The second-order valence-corrected chi connectivity index (χ2v) is 6.95. The van der Waals surface area contributed by atoms with E-state index in [9.17, 15) is 4.79 Å². The van der Waals surface area contributed by atoms with Crippen LogP contribution in [0.2, 0.25) is 0 Å². The predicted molar refractivity (Wildman–Crippen MR) is 77.5 cm³/mol. The van der Waals surface area contributed by atoms with Crippen LogP contribution < -0.4 is 0 Å². The number of nitrogens with zero attached hydrogens (tertiary/aromatic N) is 1. The molecular formula is C14H25NO3S. The summed E-state index contributed by atoms with van der Waals surface area (Å²) in [5.41, 5.74) is 0. The number of esters is 1. The Kier molecular flexibility index (Phi) is 5.98. The lowest BCUT2D eigenvalue weighted by Gasteiger charge is -2.32. The van der Waals surface area contributed by atoms with Crippen LogP contribution in [-0.2, 0) is 14.3 Å². The second kappa shape index (κ2) is 7.50. The third-order valence-corrected chi connectivity index (χ3v) is 4.84. The Bertz CT molecular complexity index is 288. The summed E-state index contributed by atoms with van der Waals surface area (Å²) >= 11 is 1.86. The van der Waals surface area contributed by atoms with Crippen molar-refractivity contribution >= 4 is 17.7 Å². The highest BCUT2D eigenvalue weighted by Gasteiger charge is 2.33. The van der Waals surface area contributed by atoms with E-state index in [0.29, 0.717) is 30.5 Å². The Hall–Kier alpha value is -0.260. The van der Waals surface area contributed by atoms with Gasteiger partial charge in [-0.3, -0.25) is 9.69 Å². The van der Waals surface area contributed by atoms with E-state index in [0.717, 1.165) is 25.4 Å². The lowest BCUT2D eigenvalue weighted by atomic mass is 10.2. The van der Waals surface area contributed by atoms with Gasteiger partial charge in [-0.05, 0) is 19.8 Å². The summed E-state index contributed by atoms with van der Waals surface area (Å²) in [6.45, 7) is 7.71. The lowest BCUT2D eigenvalue weighted by molar-refractivity contribution is -0.142. The van der Waals surface area contributed by atoms with E-state index in [4.69, 9.17) is 9.47 Å². The van der Waals surface area contributed by atoms with Gasteiger partial charge in [0.15, 0.2) is 0 Å². The molecule has 0 amide bonds. The quantitative estimate of drug-likeness (QED) is 0.669. The monoisotopic (exact) mass is 287 g/mol. The molecule has 0 aliphatic carbocycles. The molecule has 19 heavy (non-hydrogen) atoms. The number of carbonyl (C=O) groups is 1. The highest BCUT2D eigenvalue weighted by molar-refractivity contribution is 7.99. The van der Waals surface area contributed by atoms with E-state index < -0.39 is 0 Å². The summed E-state index contributed by atoms with van der Waals surface area (Å²) in [6, 6.07) is 0. The summed E-state index contributed by atoms with van der Waals surface area (Å²) in [7, 11) is 0. The normalized spacial score (nSPS) is 28.3. The number of likely N-dealkylation sites (tertiary alicyclic amines) is 1. The van der Waals surface area contributed by atoms with Crippen LogP contribution in [0.1, 0.15) is 33.1 Å². The third-order valence-electron chi connectivity index (χ3n) is 3.69. The van der Waals surface area contributed by atoms with E-state index in [1.165, 1.54) is 12.8 Å². The van der Waals surface area contributed by atoms with Gasteiger partial charge in [-0.2, -0.15) is 11.8 Å². The largest absolute Gasteiger partial charge is 0.466 e. The Labute approximate surface area is 120 Å². The van der Waals surface area contributed by atoms with Gasteiger partial charge in [0, 0.05) is 30.6 Å². The zero-order valence-electron chi connectivity index (χ0n) is 12.0. The third kappa shape index (κ3) is 4.97. The van der Waals surface area contributed by atoms with Crippen molar-refractivity contribution in [2.24, 2.45) is 0 Å². The van der Waals surface area contributed by atoms with Crippen molar-refractivity contribution in [3.63, 3.8) is 0 Å². The number of hydrogen-bond acceptors (Lipinski definition) is 5. The molecule has 0 aromatic carbocycles. The fourth-order valence-electron chi connectivity index (χ4n) is 2.78. The number of fused-ring (bicyclic) bond motifs is 2. The molecular weight excluding hydrogens is 262 g/mol. The van der Waals surface area contributed by atoms with Crippen LogP contribution in [0, 0.1) is 0 Å². The molecule has 0 radical (unpaired) electrons. The van der Waals surface area contributed by atoms with Crippen LogP contribution in [0.15, 0.2) is 0 Å². The molecule has 2 bridgehead atoms. The minimum Gasteiger partial charge on any atom is -0.466 e. The molecule has 2 heterocycles. The molecule has 2 aliphatic rings. The second-order valence-electron chi connectivity index (χ2n) is 5.41. The first kappa shape index (κ1) is 15.1. The van der Waals surface area contributed by atoms with Crippen LogP contribution in [0.3, 0.4) is 0 Å². The van der Waals surface area contributed by atoms with Crippen LogP contribution in [-0.4, -0.2) is 60.3 Å². The molecule has 2 aliphatic heterocycles. The van der Waals surface area contributed by atoms with Crippen molar-refractivity contribution in [1.82, 2.24) is 4.90 Å². The van der Waals surface area contributed by atoms with Gasteiger partial charge in [0.05, 0.1) is 25.2 Å². The Morgan fingerprint density at radius 3 is 2.74 bits per heavy atom. The first-order chi connectivity index (χ1) is 9.17. The van der Waals surface area contributed by atoms with Gasteiger partial charge >= 0.3 is 5.97 Å². The number of morpholine rings is 1. The van der Waals surface area contributed by atoms with E-state index >= 15 is 0 Å². The molecule has 110 valence electrons. The van der Waals surface area contributed by atoms with Gasteiger partial charge in [-0.1, -0.05) is 6.92 Å². The number of hydrogen-bond donors (Lipinski definition) is 0. The van der Waals surface area contributed by atoms with E-state index in [2.05, 4.69) is 11.8 Å². The van der Waals surface area contributed by atoms with Crippen LogP contribution in [0.5, 0.6) is 0 Å². The Balaban J connectivity index is 1.57. The van der Waals surface area contributed by atoms with Gasteiger partial charge in [0.25, 0.3) is 0 Å². The first-order valence-electron chi connectivity index (χ1n) is 7.32. The van der Waals surface area contributed by atoms with Gasteiger partial charge in [-0.15, -0.1) is 0 Å². The molecule has 0 aromatic heterocycles. The molecule has 3 unspecified atom stereocenters. The molecule has 0 spiro atoms. The average Bonchev–Trinajstić information content (AvgIpc) is 2.69. The molecule has 2 saturated heterocycles. The lowest BCUT2D eigenvalue weighted by Crippen LogP contribution is -2.43. The van der Waals surface area contributed by atoms with Gasteiger partial charge in [0.1, 0.15) is 0 Å². The molecule has 5 heteroatoms. The van der Waals surface area contributed by atoms with Crippen molar-refractivity contribution in [3.8, 4) is 0 Å². The maximum Gasteiger partial charge on any atom is 0.306 e. The van der Waals surface area contributed by atoms with Crippen LogP contribution in [0.4, 0.5) is 0 Å². The molecule has 0 N–H and O–H groups in total. The fraction of sp³-hybridized carbons (Fsp3) is 0.929. The highest BCUT2D eigenvalue weighted by Crippen LogP contribution is 2.26. The van der Waals surface area contributed by atoms with Crippen molar-refractivity contribution in [2.75, 3.05) is 32.0 Å². The maximum atomic E-state index is 11.4. The molecule has 0 aromatic rings. The Morgan fingerprint density at radius 2 is 2.11 bits per heavy atom. The zero-order chi connectivity index (χ0) is 13.7. The van der Waals surface area contributed by atoms with Crippen LogP contribution in [0.25, 0.3) is 0 Å². The van der Waals surface area contributed by atoms with Gasteiger partial charge in [0.2, 0.25) is 0 Å². The molecule has 3 atom stereocenters. The minimum atomic E-state index is -0.0769. The topological polar surface area (TPSA) is 38.8 Å². The SMILES string of the molecule is CCOC(=O)CC(C)SCCN1CC2CCC(C1)O2. The highest BCUT2D eigenvalue weighted by atomic mass is 32.2. The molecule has 0 saturated carbocycles. The maximum absolute atomic E-state index is 11.4. The van der Waals surface area contributed by atoms with E-state index in [1.54, 1.807) is 0 Å². The number of ether oxygens (including phenoxy) is 2. The predicted octanol–water partition coefficient (Wildman–Crippen LogP) is 1.92. The summed E-state index contributed by atoms with van der Waals surface area (Å²) in [4.78, 5) is 13.9. The molecule has 4 nitrogen and oxygen atoms in total. The minimum absolute atomic E-state index is 0.0769. The van der Waals surface area contributed by atoms with Crippen LogP contribution >= 0.6 is 11.8 Å². The van der Waals surface area contributed by atoms with Gasteiger partial charge in [-0.25, -0.2) is 0 Å². The average molecular weight is 287 g/mol. The fourth-order valence-corrected chi connectivity index (χ4v) is 3.80. The van der Waals surface area contributed by atoms with Crippen molar-refractivity contribution in [2.45, 2.75) is 50.6 Å². The standard InChI is InChI=1S/C14H25NO3S/c1-3-17-14(16)8-11(2)19-7-6-15-9-12-4-5-13(10-15)18-12/h11-13H,3-10H2,1-2H3. The van der Waals surface area contributed by atoms with Gasteiger partial charge < -0.3 is 9.47 Å². The zero-order valence-corrected chi connectivity index (χ0v) is 12.8. The van der Waals surface area contributed by atoms with E-state index in [-0.39, 0.29) is 5.97 Å². The number of rotatable bonds is 7. The summed E-state index contributed by atoms with van der Waals surface area (Å²) < 4.78 is 10.8. The Morgan fingerprint density at radius 1 is 1.42 bits per heavy atom. The number of thioether (sulfide) groups is 1. The summed E-state index contributed by atoms with van der Waals surface area (Å²) in [6.07, 6.45) is 3.93.